The number of carboxylic acids is 1. The number of rotatable bonds is 4. The van der Waals surface area contributed by atoms with Gasteiger partial charge in [0.05, 0.1) is 5.56 Å². The first-order valence-electron chi connectivity index (χ1n) is 5.89. The third-order valence-electron chi connectivity index (χ3n) is 3.41. The Morgan fingerprint density at radius 1 is 1.42 bits per heavy atom. The molecule has 0 aromatic heterocycles. The van der Waals surface area contributed by atoms with Gasteiger partial charge in [-0.05, 0) is 43.9 Å². The highest BCUT2D eigenvalue weighted by molar-refractivity contribution is 9.10. The second-order valence-corrected chi connectivity index (χ2v) is 5.81. The summed E-state index contributed by atoms with van der Waals surface area (Å²) in [6.45, 7) is 1.50. The predicted octanol–water partition coefficient (Wildman–Crippen LogP) is 2.14. The molecule has 0 heterocycles. The quantitative estimate of drug-likeness (QED) is 0.790. The third kappa shape index (κ3) is 2.73. The molecule has 0 aliphatic heterocycles. The van der Waals surface area contributed by atoms with E-state index in [4.69, 9.17) is 0 Å². The Bertz CT molecular complexity index is 541. The molecular formula is C13H14BrNO4. The molecule has 5 nitrogen and oxygen atoms in total. The molecule has 1 amide bonds. The lowest BCUT2D eigenvalue weighted by molar-refractivity contribution is -0.144. The van der Waals surface area contributed by atoms with Crippen molar-refractivity contribution in [3.05, 3.63) is 28.2 Å². The lowest BCUT2D eigenvalue weighted by Gasteiger charge is -2.26. The van der Waals surface area contributed by atoms with Gasteiger partial charge in [-0.25, -0.2) is 4.79 Å². The van der Waals surface area contributed by atoms with Crippen LogP contribution in [0, 0.1) is 5.92 Å². The molecule has 0 saturated heterocycles. The summed E-state index contributed by atoms with van der Waals surface area (Å²) in [5, 5.41) is 21.5. The molecule has 19 heavy (non-hydrogen) atoms. The number of amides is 1. The summed E-state index contributed by atoms with van der Waals surface area (Å²) in [5.41, 5.74) is -1.23. The highest BCUT2D eigenvalue weighted by atomic mass is 79.9. The van der Waals surface area contributed by atoms with Crippen LogP contribution in [0.3, 0.4) is 0 Å². The van der Waals surface area contributed by atoms with Crippen LogP contribution in [0.4, 0.5) is 0 Å². The molecule has 1 aliphatic rings. The number of carboxylic acid groups (broad SMARTS) is 1. The van der Waals surface area contributed by atoms with Gasteiger partial charge in [0.25, 0.3) is 5.91 Å². The Morgan fingerprint density at radius 3 is 2.58 bits per heavy atom. The second kappa shape index (κ2) is 4.85. The van der Waals surface area contributed by atoms with Crippen molar-refractivity contribution in [1.29, 1.82) is 0 Å². The van der Waals surface area contributed by atoms with Crippen LogP contribution in [0.15, 0.2) is 22.7 Å². The van der Waals surface area contributed by atoms with Crippen LogP contribution in [0.1, 0.15) is 30.1 Å². The van der Waals surface area contributed by atoms with Gasteiger partial charge < -0.3 is 15.5 Å². The molecule has 6 heteroatoms. The maximum absolute atomic E-state index is 12.1. The first-order chi connectivity index (χ1) is 8.84. The van der Waals surface area contributed by atoms with Crippen LogP contribution in [-0.2, 0) is 4.79 Å². The zero-order valence-electron chi connectivity index (χ0n) is 10.3. The molecule has 1 aliphatic carbocycles. The van der Waals surface area contributed by atoms with Crippen molar-refractivity contribution in [2.45, 2.75) is 25.3 Å². The molecule has 1 unspecified atom stereocenters. The van der Waals surface area contributed by atoms with Crippen molar-refractivity contribution in [3.8, 4) is 5.75 Å². The van der Waals surface area contributed by atoms with E-state index in [1.165, 1.54) is 19.1 Å². The number of carbonyl (C=O) groups is 2. The van der Waals surface area contributed by atoms with E-state index in [-0.39, 0.29) is 17.2 Å². The molecule has 0 radical (unpaired) electrons. The van der Waals surface area contributed by atoms with Crippen molar-refractivity contribution in [2.24, 2.45) is 5.92 Å². The monoisotopic (exact) mass is 327 g/mol. The lowest BCUT2D eigenvalue weighted by Crippen LogP contribution is -2.54. The minimum absolute atomic E-state index is 0.0526. The van der Waals surface area contributed by atoms with E-state index in [2.05, 4.69) is 21.2 Å². The third-order valence-corrected chi connectivity index (χ3v) is 3.91. The molecule has 3 N–H and O–H groups in total. The highest BCUT2D eigenvalue weighted by Gasteiger charge is 2.48. The Morgan fingerprint density at radius 2 is 2.05 bits per heavy atom. The van der Waals surface area contributed by atoms with Gasteiger partial charge in [-0.3, -0.25) is 4.79 Å². The first-order valence-corrected chi connectivity index (χ1v) is 6.68. The van der Waals surface area contributed by atoms with Crippen LogP contribution < -0.4 is 5.32 Å². The number of phenols is 1. The summed E-state index contributed by atoms with van der Waals surface area (Å²) in [5.74, 6) is -1.87. The van der Waals surface area contributed by atoms with E-state index in [1.54, 1.807) is 6.07 Å². The topological polar surface area (TPSA) is 86.6 Å². The van der Waals surface area contributed by atoms with E-state index >= 15 is 0 Å². The van der Waals surface area contributed by atoms with Gasteiger partial charge in [0.15, 0.2) is 0 Å². The van der Waals surface area contributed by atoms with Crippen molar-refractivity contribution in [2.75, 3.05) is 0 Å². The molecule has 1 aromatic rings. The fourth-order valence-corrected chi connectivity index (χ4v) is 2.35. The Balaban J connectivity index is 2.25. The average molecular weight is 328 g/mol. The van der Waals surface area contributed by atoms with Crippen LogP contribution >= 0.6 is 15.9 Å². The molecule has 1 fully saturated rings. The predicted molar refractivity (Wildman–Crippen MR) is 72.0 cm³/mol. The van der Waals surface area contributed by atoms with Crippen molar-refractivity contribution >= 4 is 27.8 Å². The molecule has 0 spiro atoms. The normalized spacial score (nSPS) is 17.6. The van der Waals surface area contributed by atoms with E-state index < -0.39 is 17.4 Å². The minimum atomic E-state index is -1.29. The first kappa shape index (κ1) is 13.9. The molecule has 2 rings (SSSR count). The number of aliphatic carboxylic acids is 1. The van der Waals surface area contributed by atoms with E-state index in [9.17, 15) is 19.8 Å². The fourth-order valence-electron chi connectivity index (χ4n) is 1.98. The van der Waals surface area contributed by atoms with Crippen molar-refractivity contribution in [3.63, 3.8) is 0 Å². The van der Waals surface area contributed by atoms with Gasteiger partial charge in [0, 0.05) is 4.47 Å². The second-order valence-electron chi connectivity index (χ2n) is 4.90. The largest absolute Gasteiger partial charge is 0.507 e. The van der Waals surface area contributed by atoms with Gasteiger partial charge >= 0.3 is 5.97 Å². The Labute approximate surface area is 118 Å². The van der Waals surface area contributed by atoms with Crippen LogP contribution in [-0.4, -0.2) is 27.6 Å². The molecule has 1 saturated carbocycles. The van der Waals surface area contributed by atoms with E-state index in [0.717, 1.165) is 12.8 Å². The molecule has 102 valence electrons. The SMILES string of the molecule is CC(NC(=O)c1cc(Br)ccc1O)(C(=O)O)C1CC1. The van der Waals surface area contributed by atoms with Gasteiger partial charge in [-0.1, -0.05) is 15.9 Å². The number of phenolic OH excluding ortho intramolecular Hbond substituents is 1. The van der Waals surface area contributed by atoms with Crippen LogP contribution in [0.2, 0.25) is 0 Å². The summed E-state index contributed by atoms with van der Waals surface area (Å²) in [6, 6.07) is 4.44. The van der Waals surface area contributed by atoms with Gasteiger partial charge in [0.2, 0.25) is 0 Å². The average Bonchev–Trinajstić information content (AvgIpc) is 3.16. The molecule has 1 aromatic carbocycles. The number of carbonyl (C=O) groups excluding carboxylic acids is 1. The zero-order chi connectivity index (χ0) is 14.2. The summed E-state index contributed by atoms with van der Waals surface area (Å²) >= 11 is 3.21. The van der Waals surface area contributed by atoms with Gasteiger partial charge in [0.1, 0.15) is 11.3 Å². The van der Waals surface area contributed by atoms with Crippen molar-refractivity contribution < 1.29 is 19.8 Å². The van der Waals surface area contributed by atoms with E-state index in [0.29, 0.717) is 4.47 Å². The summed E-state index contributed by atoms with van der Waals surface area (Å²) in [6.07, 6.45) is 1.57. The minimum Gasteiger partial charge on any atom is -0.507 e. The lowest BCUT2D eigenvalue weighted by atomic mass is 9.95. The maximum Gasteiger partial charge on any atom is 0.329 e. The Hall–Kier alpha value is -1.56. The molecule has 0 bridgehead atoms. The van der Waals surface area contributed by atoms with Crippen LogP contribution in [0.25, 0.3) is 0 Å². The summed E-state index contributed by atoms with van der Waals surface area (Å²) in [7, 11) is 0. The number of nitrogens with one attached hydrogen (secondary N) is 1. The fraction of sp³-hybridized carbons (Fsp3) is 0.385. The van der Waals surface area contributed by atoms with Crippen molar-refractivity contribution in [1.82, 2.24) is 5.32 Å². The van der Waals surface area contributed by atoms with Gasteiger partial charge in [-0.15, -0.1) is 0 Å². The van der Waals surface area contributed by atoms with E-state index in [1.807, 2.05) is 0 Å². The number of aromatic hydroxyl groups is 1. The number of hydrogen-bond donors (Lipinski definition) is 3. The standard InChI is InChI=1S/C13H14BrNO4/c1-13(12(18)19,7-2-3-7)15-11(17)9-6-8(14)4-5-10(9)16/h4-7,16H,2-3H2,1H3,(H,15,17)(H,18,19). The maximum atomic E-state index is 12.1. The van der Waals surface area contributed by atoms with Gasteiger partial charge in [-0.2, -0.15) is 0 Å². The smallest absolute Gasteiger partial charge is 0.329 e. The van der Waals surface area contributed by atoms with Crippen LogP contribution in [0.5, 0.6) is 5.75 Å². The Kier molecular flexibility index (Phi) is 3.54. The number of benzene rings is 1. The summed E-state index contributed by atoms with van der Waals surface area (Å²) < 4.78 is 0.638. The summed E-state index contributed by atoms with van der Waals surface area (Å²) in [4.78, 5) is 23.4. The highest BCUT2D eigenvalue weighted by Crippen LogP contribution is 2.40. The molecular weight excluding hydrogens is 314 g/mol. The number of halogens is 1. The zero-order valence-corrected chi connectivity index (χ0v) is 11.9. The molecule has 1 atom stereocenters. The number of hydrogen-bond acceptors (Lipinski definition) is 3.